The number of hydrogen-bond acceptors (Lipinski definition) is 3. The molecule has 0 amide bonds. The summed E-state index contributed by atoms with van der Waals surface area (Å²) in [6, 6.07) is 3.80. The average Bonchev–Trinajstić information content (AvgIpc) is 2.67. The van der Waals surface area contributed by atoms with Crippen molar-refractivity contribution in [1.29, 1.82) is 0 Å². The Morgan fingerprint density at radius 1 is 1.53 bits per heavy atom. The maximum Gasteiger partial charge on any atom is 0.237 e. The molecule has 0 N–H and O–H groups in total. The molecule has 4 heteroatoms. The van der Waals surface area contributed by atoms with Crippen LogP contribution in [-0.2, 0) is 4.74 Å². The third kappa shape index (κ3) is 2.12. The molecule has 2 heterocycles. The molecule has 0 saturated heterocycles. The molecule has 80 valence electrons. The Morgan fingerprint density at radius 2 is 2.33 bits per heavy atom. The van der Waals surface area contributed by atoms with Crippen LogP contribution in [0, 0.1) is 5.92 Å². The Labute approximate surface area is 94.1 Å². The van der Waals surface area contributed by atoms with Crippen molar-refractivity contribution < 1.29 is 4.74 Å². The number of aliphatic imine (C=N–C) groups is 1. The first kappa shape index (κ1) is 10.4. The molecule has 0 saturated carbocycles. The molecule has 0 unspecified atom stereocenters. The van der Waals surface area contributed by atoms with Crippen molar-refractivity contribution in [3.63, 3.8) is 0 Å². The highest BCUT2D eigenvalue weighted by Gasteiger charge is 2.24. The molecule has 0 aliphatic carbocycles. The third-order valence-electron chi connectivity index (χ3n) is 2.40. The highest BCUT2D eigenvalue weighted by atomic mass is 35.5. The number of pyridine rings is 1. The topological polar surface area (TPSA) is 34.5 Å². The molecule has 1 aromatic heterocycles. The minimum Gasteiger partial charge on any atom is -0.474 e. The predicted molar refractivity (Wildman–Crippen MR) is 60.4 cm³/mol. The van der Waals surface area contributed by atoms with Crippen LogP contribution in [0.15, 0.2) is 23.3 Å². The van der Waals surface area contributed by atoms with E-state index in [9.17, 15) is 0 Å². The van der Waals surface area contributed by atoms with E-state index in [0.29, 0.717) is 29.1 Å². The number of hydrogen-bond donors (Lipinski definition) is 0. The second kappa shape index (κ2) is 4.19. The first-order valence-electron chi connectivity index (χ1n) is 5.00. The largest absolute Gasteiger partial charge is 0.474 e. The summed E-state index contributed by atoms with van der Waals surface area (Å²) in [4.78, 5) is 8.63. The van der Waals surface area contributed by atoms with Gasteiger partial charge in [0.05, 0.1) is 11.1 Å². The van der Waals surface area contributed by atoms with Crippen molar-refractivity contribution in [3.05, 3.63) is 29.0 Å². The molecule has 0 fully saturated rings. The quantitative estimate of drug-likeness (QED) is 0.774. The summed E-state index contributed by atoms with van der Waals surface area (Å²) in [6.45, 7) is 4.88. The fraction of sp³-hybridized carbons (Fsp3) is 0.455. The summed E-state index contributed by atoms with van der Waals surface area (Å²) in [5, 5.41) is 0.584. The van der Waals surface area contributed by atoms with Crippen LogP contribution in [0.1, 0.15) is 19.5 Å². The maximum atomic E-state index is 6.01. The van der Waals surface area contributed by atoms with Gasteiger partial charge in [-0.1, -0.05) is 25.4 Å². The van der Waals surface area contributed by atoms with Crippen LogP contribution in [0.2, 0.25) is 5.02 Å². The van der Waals surface area contributed by atoms with Crippen LogP contribution >= 0.6 is 11.6 Å². The first-order chi connectivity index (χ1) is 7.18. The molecule has 2 rings (SSSR count). The third-order valence-corrected chi connectivity index (χ3v) is 2.71. The number of aromatic nitrogens is 1. The Bertz CT molecular complexity index is 390. The first-order valence-corrected chi connectivity index (χ1v) is 5.37. The highest BCUT2D eigenvalue weighted by Crippen LogP contribution is 2.20. The lowest BCUT2D eigenvalue weighted by Gasteiger charge is -2.06. The Balaban J connectivity index is 2.27. The summed E-state index contributed by atoms with van der Waals surface area (Å²) in [6.07, 6.45) is 1.69. The lowest BCUT2D eigenvalue weighted by molar-refractivity contribution is 0.291. The van der Waals surface area contributed by atoms with Gasteiger partial charge in [-0.25, -0.2) is 9.98 Å². The van der Waals surface area contributed by atoms with Crippen molar-refractivity contribution in [2.24, 2.45) is 10.9 Å². The normalized spacial score (nSPS) is 20.3. The van der Waals surface area contributed by atoms with Crippen LogP contribution in [0.4, 0.5) is 0 Å². The molecular formula is C11H13ClN2O. The zero-order valence-electron chi connectivity index (χ0n) is 8.77. The molecule has 15 heavy (non-hydrogen) atoms. The average molecular weight is 225 g/mol. The lowest BCUT2D eigenvalue weighted by Crippen LogP contribution is -2.13. The van der Waals surface area contributed by atoms with Crippen molar-refractivity contribution in [3.8, 4) is 0 Å². The SMILES string of the molecule is CC(C)[C@H]1COC(c2ncccc2Cl)=N1. The summed E-state index contributed by atoms with van der Waals surface area (Å²) in [7, 11) is 0. The van der Waals surface area contributed by atoms with Gasteiger partial charge in [-0.3, -0.25) is 0 Å². The minimum atomic E-state index is 0.220. The summed E-state index contributed by atoms with van der Waals surface area (Å²) in [5.41, 5.74) is 0.641. The number of halogens is 1. The number of nitrogens with zero attached hydrogens (tertiary/aromatic N) is 2. The van der Waals surface area contributed by atoms with E-state index in [0.717, 1.165) is 0 Å². The second-order valence-electron chi connectivity index (χ2n) is 3.89. The predicted octanol–water partition coefficient (Wildman–Crippen LogP) is 2.54. The monoisotopic (exact) mass is 224 g/mol. The van der Waals surface area contributed by atoms with E-state index in [4.69, 9.17) is 16.3 Å². The van der Waals surface area contributed by atoms with Crippen LogP contribution in [0.3, 0.4) is 0 Å². The molecule has 0 bridgehead atoms. The zero-order chi connectivity index (χ0) is 10.8. The van der Waals surface area contributed by atoms with Gasteiger partial charge >= 0.3 is 0 Å². The Kier molecular flexibility index (Phi) is 2.91. The molecule has 1 aromatic rings. The van der Waals surface area contributed by atoms with Gasteiger partial charge in [0.25, 0.3) is 0 Å². The van der Waals surface area contributed by atoms with E-state index in [-0.39, 0.29) is 6.04 Å². The molecule has 0 spiro atoms. The molecule has 0 aromatic carbocycles. The summed E-state index contributed by atoms with van der Waals surface area (Å²) < 4.78 is 5.50. The van der Waals surface area contributed by atoms with Gasteiger partial charge in [-0.15, -0.1) is 0 Å². The van der Waals surface area contributed by atoms with Gasteiger partial charge < -0.3 is 4.74 Å². The fourth-order valence-electron chi connectivity index (χ4n) is 1.40. The minimum absolute atomic E-state index is 0.220. The van der Waals surface area contributed by atoms with Crippen molar-refractivity contribution in [2.75, 3.05) is 6.61 Å². The number of ether oxygens (including phenoxy) is 1. The molecule has 1 atom stereocenters. The van der Waals surface area contributed by atoms with Gasteiger partial charge in [0, 0.05) is 6.20 Å². The number of rotatable bonds is 2. The van der Waals surface area contributed by atoms with E-state index >= 15 is 0 Å². The van der Waals surface area contributed by atoms with E-state index in [1.165, 1.54) is 0 Å². The van der Waals surface area contributed by atoms with Crippen molar-refractivity contribution in [2.45, 2.75) is 19.9 Å². The van der Waals surface area contributed by atoms with Gasteiger partial charge in [0.2, 0.25) is 5.90 Å². The maximum absolute atomic E-state index is 6.01. The molecular weight excluding hydrogens is 212 g/mol. The van der Waals surface area contributed by atoms with E-state index < -0.39 is 0 Å². The van der Waals surface area contributed by atoms with Crippen LogP contribution < -0.4 is 0 Å². The zero-order valence-corrected chi connectivity index (χ0v) is 9.53. The van der Waals surface area contributed by atoms with Crippen LogP contribution in [0.5, 0.6) is 0 Å². The summed E-state index contributed by atoms with van der Waals surface area (Å²) >= 11 is 6.01. The standard InChI is InChI=1S/C11H13ClN2O/c1-7(2)9-6-15-11(14-9)10-8(12)4-3-5-13-10/h3-5,7,9H,6H2,1-2H3/t9-/m1/s1. The van der Waals surface area contributed by atoms with Crippen LogP contribution in [0.25, 0.3) is 0 Å². The smallest absolute Gasteiger partial charge is 0.237 e. The lowest BCUT2D eigenvalue weighted by atomic mass is 10.1. The van der Waals surface area contributed by atoms with Crippen LogP contribution in [-0.4, -0.2) is 23.5 Å². The highest BCUT2D eigenvalue weighted by molar-refractivity contribution is 6.33. The molecule has 1 aliphatic rings. The Hall–Kier alpha value is -1.09. The second-order valence-corrected chi connectivity index (χ2v) is 4.30. The van der Waals surface area contributed by atoms with Gasteiger partial charge in [0.15, 0.2) is 0 Å². The van der Waals surface area contributed by atoms with E-state index in [1.807, 2.05) is 0 Å². The Morgan fingerprint density at radius 3 is 2.93 bits per heavy atom. The van der Waals surface area contributed by atoms with Crippen molar-refractivity contribution in [1.82, 2.24) is 4.98 Å². The van der Waals surface area contributed by atoms with Gasteiger partial charge in [0.1, 0.15) is 12.3 Å². The van der Waals surface area contributed by atoms with Crippen molar-refractivity contribution >= 4 is 17.5 Å². The fourth-order valence-corrected chi connectivity index (χ4v) is 1.61. The van der Waals surface area contributed by atoms with Gasteiger partial charge in [-0.2, -0.15) is 0 Å². The van der Waals surface area contributed by atoms with Gasteiger partial charge in [-0.05, 0) is 18.1 Å². The molecule has 0 radical (unpaired) electrons. The van der Waals surface area contributed by atoms with E-state index in [2.05, 4.69) is 23.8 Å². The summed E-state index contributed by atoms with van der Waals surface area (Å²) in [5.74, 6) is 1.05. The molecule has 1 aliphatic heterocycles. The molecule has 3 nitrogen and oxygen atoms in total. The van der Waals surface area contributed by atoms with E-state index in [1.54, 1.807) is 18.3 Å².